The second-order valence-corrected chi connectivity index (χ2v) is 2.78. The van der Waals surface area contributed by atoms with E-state index in [0.717, 1.165) is 11.3 Å². The molecule has 0 saturated carbocycles. The molecule has 2 rings (SSSR count). The predicted octanol–water partition coefficient (Wildman–Crippen LogP) is 2.02. The monoisotopic (exact) mass is 181 g/mol. The van der Waals surface area contributed by atoms with E-state index in [1.54, 1.807) is 18.3 Å². The average molecular weight is 181 g/mol. The van der Waals surface area contributed by atoms with Crippen molar-refractivity contribution < 1.29 is 0 Å². The predicted molar refractivity (Wildman–Crippen MR) is 52.2 cm³/mol. The molecule has 66 valence electrons. The van der Waals surface area contributed by atoms with Crippen LogP contribution in [0, 0.1) is 11.3 Å². The Morgan fingerprint density at radius 1 is 1.07 bits per heavy atom. The second-order valence-electron chi connectivity index (χ2n) is 2.78. The molecule has 0 fully saturated rings. The summed E-state index contributed by atoms with van der Waals surface area (Å²) >= 11 is 0. The van der Waals surface area contributed by atoms with Gasteiger partial charge in [0.25, 0.3) is 0 Å². The third-order valence-corrected chi connectivity index (χ3v) is 1.89. The van der Waals surface area contributed by atoms with E-state index in [4.69, 9.17) is 5.26 Å². The summed E-state index contributed by atoms with van der Waals surface area (Å²) in [5, 5.41) is 8.62. The van der Waals surface area contributed by atoms with Crippen LogP contribution in [0.15, 0.2) is 42.9 Å². The molecule has 0 unspecified atom stereocenters. The zero-order chi connectivity index (χ0) is 9.80. The zero-order valence-corrected chi connectivity index (χ0v) is 7.38. The van der Waals surface area contributed by atoms with Crippen LogP contribution in [-0.2, 0) is 0 Å². The molecule has 0 N–H and O–H groups in total. The van der Waals surface area contributed by atoms with Crippen molar-refractivity contribution in [1.29, 1.82) is 5.26 Å². The Kier molecular flexibility index (Phi) is 2.20. The largest absolute Gasteiger partial charge is 0.245 e. The summed E-state index contributed by atoms with van der Waals surface area (Å²) < 4.78 is 0. The Morgan fingerprint density at radius 2 is 1.86 bits per heavy atom. The van der Waals surface area contributed by atoms with Gasteiger partial charge in [0.05, 0.1) is 17.3 Å². The molecule has 0 bridgehead atoms. The minimum Gasteiger partial charge on any atom is -0.245 e. The molecule has 0 radical (unpaired) electrons. The van der Waals surface area contributed by atoms with Gasteiger partial charge in [0.2, 0.25) is 0 Å². The van der Waals surface area contributed by atoms with Crippen molar-refractivity contribution in [2.45, 2.75) is 0 Å². The van der Waals surface area contributed by atoms with Crippen LogP contribution in [0.5, 0.6) is 0 Å². The number of benzene rings is 1. The molecule has 3 heteroatoms. The minimum atomic E-state index is 0.655. The summed E-state index contributed by atoms with van der Waals surface area (Å²) in [7, 11) is 0. The van der Waals surface area contributed by atoms with Gasteiger partial charge in [-0.3, -0.25) is 0 Å². The Balaban J connectivity index is 2.40. The lowest BCUT2D eigenvalue weighted by molar-refractivity contribution is 1.17. The lowest BCUT2D eigenvalue weighted by Gasteiger charge is -1.98. The van der Waals surface area contributed by atoms with E-state index in [9.17, 15) is 0 Å². The topological polar surface area (TPSA) is 49.6 Å². The van der Waals surface area contributed by atoms with Crippen LogP contribution in [0.2, 0.25) is 0 Å². The molecular formula is C11H7N3. The third-order valence-electron chi connectivity index (χ3n) is 1.89. The van der Waals surface area contributed by atoms with E-state index >= 15 is 0 Å². The van der Waals surface area contributed by atoms with Gasteiger partial charge in [0, 0.05) is 11.8 Å². The van der Waals surface area contributed by atoms with Gasteiger partial charge in [-0.15, -0.1) is 0 Å². The minimum absolute atomic E-state index is 0.655. The summed E-state index contributed by atoms with van der Waals surface area (Å²) in [4.78, 5) is 7.95. The summed E-state index contributed by atoms with van der Waals surface area (Å²) in [5.74, 6) is 0. The van der Waals surface area contributed by atoms with Crippen LogP contribution in [0.25, 0.3) is 11.3 Å². The molecule has 1 aromatic carbocycles. The van der Waals surface area contributed by atoms with Crippen molar-refractivity contribution in [3.8, 4) is 17.3 Å². The maximum atomic E-state index is 8.62. The fourth-order valence-corrected chi connectivity index (χ4v) is 1.18. The highest BCUT2D eigenvalue weighted by molar-refractivity contribution is 5.59. The molecule has 0 amide bonds. The van der Waals surface area contributed by atoms with Crippen molar-refractivity contribution in [2.75, 3.05) is 0 Å². The van der Waals surface area contributed by atoms with Crippen LogP contribution in [0.4, 0.5) is 0 Å². The van der Waals surface area contributed by atoms with E-state index < -0.39 is 0 Å². The van der Waals surface area contributed by atoms with Gasteiger partial charge in [0.1, 0.15) is 6.33 Å². The second kappa shape index (κ2) is 3.67. The van der Waals surface area contributed by atoms with Gasteiger partial charge >= 0.3 is 0 Å². The van der Waals surface area contributed by atoms with Crippen LogP contribution in [0.1, 0.15) is 5.56 Å². The number of hydrogen-bond donors (Lipinski definition) is 0. The standard InChI is InChI=1S/C11H7N3/c12-7-9-1-3-10(4-2-9)11-5-6-13-8-14-11/h1-6,8H. The summed E-state index contributed by atoms with van der Waals surface area (Å²) in [6, 6.07) is 11.2. The molecule has 0 aliphatic carbocycles. The molecule has 1 heterocycles. The normalized spacial score (nSPS) is 9.36. The number of rotatable bonds is 1. The van der Waals surface area contributed by atoms with Crippen LogP contribution in [-0.4, -0.2) is 9.97 Å². The fraction of sp³-hybridized carbons (Fsp3) is 0. The number of hydrogen-bond acceptors (Lipinski definition) is 3. The molecule has 3 nitrogen and oxygen atoms in total. The Morgan fingerprint density at radius 3 is 2.43 bits per heavy atom. The van der Waals surface area contributed by atoms with Gasteiger partial charge in [-0.05, 0) is 18.2 Å². The van der Waals surface area contributed by atoms with Crippen LogP contribution in [0.3, 0.4) is 0 Å². The van der Waals surface area contributed by atoms with Gasteiger partial charge < -0.3 is 0 Å². The lowest BCUT2D eigenvalue weighted by atomic mass is 10.1. The van der Waals surface area contributed by atoms with Crippen LogP contribution < -0.4 is 0 Å². The SMILES string of the molecule is N#Cc1ccc(-c2ccncn2)cc1. The molecule has 14 heavy (non-hydrogen) atoms. The molecule has 1 aromatic heterocycles. The first-order valence-corrected chi connectivity index (χ1v) is 4.17. The van der Waals surface area contributed by atoms with Crippen molar-refractivity contribution in [3.05, 3.63) is 48.4 Å². The maximum absolute atomic E-state index is 8.62. The number of nitrogens with zero attached hydrogens (tertiary/aromatic N) is 3. The van der Waals surface area contributed by atoms with Crippen molar-refractivity contribution in [1.82, 2.24) is 9.97 Å². The summed E-state index contributed by atoms with van der Waals surface area (Å²) in [5.41, 5.74) is 2.51. The molecule has 0 aliphatic heterocycles. The van der Waals surface area contributed by atoms with Crippen molar-refractivity contribution >= 4 is 0 Å². The summed E-state index contributed by atoms with van der Waals surface area (Å²) in [6.45, 7) is 0. The van der Waals surface area contributed by atoms with Gasteiger partial charge in [0.15, 0.2) is 0 Å². The van der Waals surface area contributed by atoms with Crippen molar-refractivity contribution in [3.63, 3.8) is 0 Å². The molecule has 0 saturated heterocycles. The fourth-order valence-electron chi connectivity index (χ4n) is 1.18. The highest BCUT2D eigenvalue weighted by atomic mass is 14.8. The van der Waals surface area contributed by atoms with E-state index in [2.05, 4.69) is 16.0 Å². The molecule has 0 spiro atoms. The summed E-state index contributed by atoms with van der Waals surface area (Å²) in [6.07, 6.45) is 3.20. The van der Waals surface area contributed by atoms with Gasteiger partial charge in [-0.1, -0.05) is 12.1 Å². The number of nitriles is 1. The zero-order valence-electron chi connectivity index (χ0n) is 7.38. The molecule has 0 atom stereocenters. The van der Waals surface area contributed by atoms with Crippen molar-refractivity contribution in [2.24, 2.45) is 0 Å². The van der Waals surface area contributed by atoms with E-state index in [0.29, 0.717) is 5.56 Å². The quantitative estimate of drug-likeness (QED) is 0.676. The first-order valence-electron chi connectivity index (χ1n) is 4.17. The third kappa shape index (κ3) is 1.59. The molecule has 2 aromatic rings. The Labute approximate surface area is 81.7 Å². The molecular weight excluding hydrogens is 174 g/mol. The Hall–Kier alpha value is -2.21. The number of aromatic nitrogens is 2. The smallest absolute Gasteiger partial charge is 0.116 e. The van der Waals surface area contributed by atoms with E-state index in [1.807, 2.05) is 18.2 Å². The van der Waals surface area contributed by atoms with Gasteiger partial charge in [-0.2, -0.15) is 5.26 Å². The first kappa shape index (κ1) is 8.39. The van der Waals surface area contributed by atoms with Gasteiger partial charge in [-0.25, -0.2) is 9.97 Å². The highest BCUT2D eigenvalue weighted by Crippen LogP contribution is 2.15. The Bertz CT molecular complexity index is 454. The molecule has 0 aliphatic rings. The maximum Gasteiger partial charge on any atom is 0.116 e. The van der Waals surface area contributed by atoms with E-state index in [1.165, 1.54) is 6.33 Å². The average Bonchev–Trinajstić information content (AvgIpc) is 2.30. The first-order chi connectivity index (χ1) is 6.90. The lowest BCUT2D eigenvalue weighted by Crippen LogP contribution is -1.83. The van der Waals surface area contributed by atoms with E-state index in [-0.39, 0.29) is 0 Å². The van der Waals surface area contributed by atoms with Crippen LogP contribution >= 0.6 is 0 Å². The highest BCUT2D eigenvalue weighted by Gasteiger charge is 1.97.